The van der Waals surface area contributed by atoms with Crippen LogP contribution in [0.2, 0.25) is 10.0 Å². The van der Waals surface area contributed by atoms with E-state index >= 15 is 0 Å². The van der Waals surface area contributed by atoms with Crippen molar-refractivity contribution in [2.75, 3.05) is 5.43 Å². The SMILES string of the molecule is O=C(NNc1ccc(Cl)c(Cl)c1)c1ccco1. The third kappa shape index (κ3) is 2.93. The summed E-state index contributed by atoms with van der Waals surface area (Å²) in [6.45, 7) is 0. The molecule has 0 spiro atoms. The summed E-state index contributed by atoms with van der Waals surface area (Å²) in [5.74, 6) is -0.154. The van der Waals surface area contributed by atoms with Crippen LogP contribution in [0.25, 0.3) is 0 Å². The van der Waals surface area contributed by atoms with Crippen molar-refractivity contribution in [3.63, 3.8) is 0 Å². The normalized spacial score (nSPS) is 10.0. The monoisotopic (exact) mass is 270 g/mol. The second-order valence-corrected chi connectivity index (χ2v) is 4.00. The minimum absolute atomic E-state index is 0.220. The van der Waals surface area contributed by atoms with Crippen LogP contribution in [0.1, 0.15) is 10.6 Å². The summed E-state index contributed by atoms with van der Waals surface area (Å²) in [6, 6.07) is 8.12. The predicted octanol–water partition coefficient (Wildman–Crippen LogP) is 3.34. The molecule has 1 aromatic carbocycles. The lowest BCUT2D eigenvalue weighted by Gasteiger charge is -2.07. The highest BCUT2D eigenvalue weighted by Gasteiger charge is 2.07. The Bertz CT molecular complexity index is 526. The first kappa shape index (κ1) is 11.8. The molecule has 0 fully saturated rings. The number of rotatable bonds is 3. The van der Waals surface area contributed by atoms with Crippen molar-refractivity contribution in [3.8, 4) is 0 Å². The Balaban J connectivity index is 1.98. The first-order valence-electron chi connectivity index (χ1n) is 4.72. The van der Waals surface area contributed by atoms with Gasteiger partial charge in [0.05, 0.1) is 22.0 Å². The van der Waals surface area contributed by atoms with Crippen molar-refractivity contribution in [2.24, 2.45) is 0 Å². The zero-order valence-corrected chi connectivity index (χ0v) is 10.0. The molecule has 2 N–H and O–H groups in total. The van der Waals surface area contributed by atoms with Gasteiger partial charge >= 0.3 is 5.91 Å². The first-order chi connectivity index (χ1) is 8.16. The molecule has 0 unspecified atom stereocenters. The Kier molecular flexibility index (Phi) is 3.56. The number of anilines is 1. The minimum atomic E-state index is -0.374. The average molecular weight is 271 g/mol. The Morgan fingerprint density at radius 2 is 2.00 bits per heavy atom. The minimum Gasteiger partial charge on any atom is -0.459 e. The molecule has 0 atom stereocenters. The maximum absolute atomic E-state index is 11.5. The van der Waals surface area contributed by atoms with Crippen LogP contribution in [-0.4, -0.2) is 5.91 Å². The van der Waals surface area contributed by atoms with Gasteiger partial charge in [-0.25, -0.2) is 0 Å². The highest BCUT2D eigenvalue weighted by atomic mass is 35.5. The van der Waals surface area contributed by atoms with Gasteiger partial charge in [0.25, 0.3) is 0 Å². The van der Waals surface area contributed by atoms with Gasteiger partial charge in [0, 0.05) is 0 Å². The quantitative estimate of drug-likeness (QED) is 0.842. The third-order valence-corrected chi connectivity index (χ3v) is 2.72. The lowest BCUT2D eigenvalue weighted by Crippen LogP contribution is -2.28. The molecule has 2 rings (SSSR count). The van der Waals surface area contributed by atoms with E-state index in [1.165, 1.54) is 6.26 Å². The molecule has 0 saturated heterocycles. The van der Waals surface area contributed by atoms with E-state index in [9.17, 15) is 4.79 Å². The number of hydrazine groups is 1. The van der Waals surface area contributed by atoms with Crippen LogP contribution in [0.5, 0.6) is 0 Å². The van der Waals surface area contributed by atoms with E-state index in [-0.39, 0.29) is 11.7 Å². The van der Waals surface area contributed by atoms with E-state index in [0.717, 1.165) is 0 Å². The molecule has 1 amide bonds. The second kappa shape index (κ2) is 5.12. The summed E-state index contributed by atoms with van der Waals surface area (Å²) in [6.07, 6.45) is 1.42. The molecule has 4 nitrogen and oxygen atoms in total. The van der Waals surface area contributed by atoms with Gasteiger partial charge < -0.3 is 4.42 Å². The number of halogens is 2. The summed E-state index contributed by atoms with van der Waals surface area (Å²) in [4.78, 5) is 11.5. The van der Waals surface area contributed by atoms with E-state index < -0.39 is 0 Å². The zero-order valence-electron chi connectivity index (χ0n) is 8.54. The standard InChI is InChI=1S/C11H8Cl2N2O2/c12-8-4-3-7(6-9(8)13)14-15-11(16)10-2-1-5-17-10/h1-6,14H,(H,15,16). The van der Waals surface area contributed by atoms with Gasteiger partial charge in [0.2, 0.25) is 0 Å². The van der Waals surface area contributed by atoms with Gasteiger partial charge in [0.1, 0.15) is 0 Å². The van der Waals surface area contributed by atoms with Crippen LogP contribution >= 0.6 is 23.2 Å². The molecular weight excluding hydrogens is 263 g/mol. The molecule has 6 heteroatoms. The maximum Gasteiger partial charge on any atom is 0.305 e. The van der Waals surface area contributed by atoms with Crippen LogP contribution in [0, 0.1) is 0 Å². The topological polar surface area (TPSA) is 54.3 Å². The molecule has 17 heavy (non-hydrogen) atoms. The number of hydrogen-bond donors (Lipinski definition) is 2. The fourth-order valence-electron chi connectivity index (χ4n) is 1.17. The Morgan fingerprint density at radius 3 is 2.65 bits per heavy atom. The molecule has 0 bridgehead atoms. The van der Waals surface area contributed by atoms with Gasteiger partial charge in [-0.2, -0.15) is 0 Å². The molecule has 0 aliphatic rings. The lowest BCUT2D eigenvalue weighted by molar-refractivity contribution is 0.0935. The predicted molar refractivity (Wildman–Crippen MR) is 66.3 cm³/mol. The summed E-state index contributed by atoms with van der Waals surface area (Å²) < 4.78 is 4.93. The fourth-order valence-corrected chi connectivity index (χ4v) is 1.47. The summed E-state index contributed by atoms with van der Waals surface area (Å²) in [5.41, 5.74) is 5.79. The van der Waals surface area contributed by atoms with Crippen molar-refractivity contribution in [3.05, 3.63) is 52.4 Å². The molecule has 0 aliphatic carbocycles. The zero-order chi connectivity index (χ0) is 12.3. The largest absolute Gasteiger partial charge is 0.459 e. The molecule has 1 aromatic heterocycles. The summed E-state index contributed by atoms with van der Waals surface area (Å²) >= 11 is 11.6. The molecule has 1 heterocycles. The van der Waals surface area contributed by atoms with E-state index in [1.54, 1.807) is 30.3 Å². The van der Waals surface area contributed by atoms with Crippen LogP contribution < -0.4 is 10.9 Å². The molecule has 0 saturated carbocycles. The number of furan rings is 1. The number of carbonyl (C=O) groups is 1. The number of carbonyl (C=O) groups excluding carboxylic acids is 1. The highest BCUT2D eigenvalue weighted by Crippen LogP contribution is 2.24. The maximum atomic E-state index is 11.5. The summed E-state index contributed by atoms with van der Waals surface area (Å²) in [5, 5.41) is 0.860. The Hall–Kier alpha value is -1.65. The van der Waals surface area contributed by atoms with Crippen molar-refractivity contribution >= 4 is 34.8 Å². The van der Waals surface area contributed by atoms with Gasteiger partial charge in [-0.1, -0.05) is 23.2 Å². The van der Waals surface area contributed by atoms with E-state index in [4.69, 9.17) is 27.6 Å². The third-order valence-electron chi connectivity index (χ3n) is 1.98. The molecule has 0 aliphatic heterocycles. The van der Waals surface area contributed by atoms with E-state index in [0.29, 0.717) is 15.7 Å². The van der Waals surface area contributed by atoms with Crippen LogP contribution in [-0.2, 0) is 0 Å². The van der Waals surface area contributed by atoms with E-state index in [2.05, 4.69) is 10.9 Å². The molecule has 88 valence electrons. The second-order valence-electron chi connectivity index (χ2n) is 3.19. The smallest absolute Gasteiger partial charge is 0.305 e. The number of hydrogen-bond acceptors (Lipinski definition) is 3. The van der Waals surface area contributed by atoms with Crippen molar-refractivity contribution in [1.82, 2.24) is 5.43 Å². The van der Waals surface area contributed by atoms with Crippen LogP contribution in [0.15, 0.2) is 41.0 Å². The fraction of sp³-hybridized carbons (Fsp3) is 0. The van der Waals surface area contributed by atoms with Gasteiger partial charge in [0.15, 0.2) is 5.76 Å². The molecule has 2 aromatic rings. The van der Waals surface area contributed by atoms with Crippen molar-refractivity contribution in [1.29, 1.82) is 0 Å². The van der Waals surface area contributed by atoms with Crippen molar-refractivity contribution < 1.29 is 9.21 Å². The van der Waals surface area contributed by atoms with Gasteiger partial charge in [-0.15, -0.1) is 0 Å². The number of amides is 1. The molecular formula is C11H8Cl2N2O2. The van der Waals surface area contributed by atoms with Gasteiger partial charge in [-0.3, -0.25) is 15.6 Å². The highest BCUT2D eigenvalue weighted by molar-refractivity contribution is 6.42. The van der Waals surface area contributed by atoms with Crippen molar-refractivity contribution in [2.45, 2.75) is 0 Å². The van der Waals surface area contributed by atoms with Gasteiger partial charge in [-0.05, 0) is 30.3 Å². The lowest BCUT2D eigenvalue weighted by atomic mass is 10.3. The van der Waals surface area contributed by atoms with E-state index in [1.807, 2.05) is 0 Å². The number of benzene rings is 1. The summed E-state index contributed by atoms with van der Waals surface area (Å²) in [7, 11) is 0. The first-order valence-corrected chi connectivity index (χ1v) is 5.47. The Morgan fingerprint density at radius 1 is 1.18 bits per heavy atom. The Labute approximate surface area is 107 Å². The van der Waals surface area contributed by atoms with Crippen LogP contribution in [0.4, 0.5) is 5.69 Å². The number of nitrogens with one attached hydrogen (secondary N) is 2. The average Bonchev–Trinajstić information content (AvgIpc) is 2.84. The molecule has 0 radical (unpaired) electrons. The van der Waals surface area contributed by atoms with Crippen LogP contribution in [0.3, 0.4) is 0 Å².